The van der Waals surface area contributed by atoms with Crippen molar-refractivity contribution in [2.24, 2.45) is 0 Å². The third kappa shape index (κ3) is 3.78. The van der Waals surface area contributed by atoms with Crippen LogP contribution in [-0.4, -0.2) is 40.0 Å². The van der Waals surface area contributed by atoms with E-state index in [1.165, 1.54) is 10.9 Å². The molecule has 2 aromatic rings. The number of urea groups is 1. The Morgan fingerprint density at radius 2 is 2.17 bits per heavy atom. The Morgan fingerprint density at radius 1 is 1.27 bits per heavy atom. The quantitative estimate of drug-likeness (QED) is 0.399. The van der Waals surface area contributed by atoms with Crippen LogP contribution in [-0.2, 0) is 11.2 Å². The summed E-state index contributed by atoms with van der Waals surface area (Å²) in [6, 6.07) is 6.49. The number of aryl methyl sites for hydroxylation is 1. The summed E-state index contributed by atoms with van der Waals surface area (Å²) in [6.07, 6.45) is 6.50. The van der Waals surface area contributed by atoms with Crippen LogP contribution in [0.15, 0.2) is 18.2 Å². The maximum absolute atomic E-state index is 12.6. The average Bonchev–Trinajstić information content (AvgIpc) is 3.39. The van der Waals surface area contributed by atoms with E-state index in [9.17, 15) is 9.59 Å². The molecule has 3 heterocycles. The molecule has 2 aliphatic heterocycles. The largest absolute Gasteiger partial charge is 0.355 e. The Morgan fingerprint density at radius 3 is 3.07 bits per heavy atom. The number of aromatic amines is 1. The molecule has 0 bridgehead atoms. The third-order valence-corrected chi connectivity index (χ3v) is 8.43. The van der Waals surface area contributed by atoms with E-state index >= 15 is 0 Å². The van der Waals surface area contributed by atoms with Crippen LogP contribution in [0.4, 0.5) is 4.79 Å². The molecule has 30 heavy (non-hydrogen) atoms. The molecule has 4 unspecified atom stereocenters. The van der Waals surface area contributed by atoms with E-state index in [1.54, 1.807) is 0 Å². The number of hydrogen-bond donors (Lipinski definition) is 4. The normalized spacial score (nSPS) is 27.4. The number of hydrogen-bond acceptors (Lipinski definition) is 3. The van der Waals surface area contributed by atoms with E-state index in [2.05, 4.69) is 27.0 Å². The van der Waals surface area contributed by atoms with Crippen LogP contribution in [0.1, 0.15) is 55.8 Å². The molecule has 5 rings (SSSR count). The molecule has 8 heteroatoms. The van der Waals surface area contributed by atoms with E-state index < -0.39 is 0 Å². The molecular formula is C22H27ClN4O2S. The summed E-state index contributed by atoms with van der Waals surface area (Å²) in [5.74, 6) is 1.10. The fourth-order valence-corrected chi connectivity index (χ4v) is 6.90. The number of aromatic nitrogens is 1. The number of unbranched alkanes of at least 4 members (excludes halogenated alkanes) is 1. The van der Waals surface area contributed by atoms with Crippen molar-refractivity contribution in [1.82, 2.24) is 20.9 Å². The molecule has 160 valence electrons. The highest BCUT2D eigenvalue weighted by Crippen LogP contribution is 2.37. The Bertz CT molecular complexity index is 977. The number of nitrogens with one attached hydrogen (secondary N) is 4. The summed E-state index contributed by atoms with van der Waals surface area (Å²) in [7, 11) is 0. The second kappa shape index (κ2) is 8.35. The van der Waals surface area contributed by atoms with E-state index in [1.807, 2.05) is 23.9 Å². The molecule has 1 aliphatic carbocycles. The minimum Gasteiger partial charge on any atom is -0.355 e. The zero-order valence-electron chi connectivity index (χ0n) is 16.8. The van der Waals surface area contributed by atoms with E-state index in [4.69, 9.17) is 11.6 Å². The second-order valence-corrected chi connectivity index (χ2v) is 10.2. The maximum Gasteiger partial charge on any atom is 0.315 e. The van der Waals surface area contributed by atoms with Crippen molar-refractivity contribution in [2.45, 2.75) is 68.3 Å². The van der Waals surface area contributed by atoms with Crippen LogP contribution in [0.5, 0.6) is 0 Å². The molecule has 0 radical (unpaired) electrons. The van der Waals surface area contributed by atoms with E-state index in [0.29, 0.717) is 11.7 Å². The maximum atomic E-state index is 12.6. The molecule has 0 spiro atoms. The van der Waals surface area contributed by atoms with Crippen LogP contribution >= 0.6 is 23.4 Å². The summed E-state index contributed by atoms with van der Waals surface area (Å²) in [5.41, 5.74) is 3.39. The Hall–Kier alpha value is -1.86. The van der Waals surface area contributed by atoms with Crippen molar-refractivity contribution in [3.8, 4) is 0 Å². The Labute approximate surface area is 185 Å². The molecule has 6 nitrogen and oxygen atoms in total. The van der Waals surface area contributed by atoms with Gasteiger partial charge in [0.15, 0.2) is 0 Å². The van der Waals surface area contributed by atoms with E-state index in [0.717, 1.165) is 60.5 Å². The zero-order valence-corrected chi connectivity index (χ0v) is 18.4. The summed E-state index contributed by atoms with van der Waals surface area (Å²) in [5, 5.41) is 11.6. The smallest absolute Gasteiger partial charge is 0.315 e. The van der Waals surface area contributed by atoms with Crippen molar-refractivity contribution >= 4 is 46.2 Å². The van der Waals surface area contributed by atoms with Crippen molar-refractivity contribution in [3.05, 3.63) is 34.5 Å². The van der Waals surface area contributed by atoms with Crippen LogP contribution in [0, 0.1) is 0 Å². The number of benzene rings is 1. The van der Waals surface area contributed by atoms with Gasteiger partial charge in [-0.15, -0.1) is 0 Å². The van der Waals surface area contributed by atoms with Crippen LogP contribution in [0.2, 0.25) is 5.02 Å². The van der Waals surface area contributed by atoms with Gasteiger partial charge in [-0.05, 0) is 43.7 Å². The standard InChI is InChI=1S/C22H27ClN4O2S/c23-14-7-3-5-12-13-6-4-8-15(20(13)26-19(12)14)24-18(28)10-2-1-9-17-21-16(11-30-17)25-22(29)27-21/h3,5,7,15-17,21,26H,1-2,4,6,8-11H2,(H,24,28)(H2,25,27,29). The summed E-state index contributed by atoms with van der Waals surface area (Å²) in [4.78, 5) is 27.6. The van der Waals surface area contributed by atoms with Crippen LogP contribution in [0.3, 0.4) is 0 Å². The first-order valence-corrected chi connectivity index (χ1v) is 12.3. The summed E-state index contributed by atoms with van der Waals surface area (Å²) < 4.78 is 0. The molecule has 1 aromatic heterocycles. The fourth-order valence-electron chi connectivity index (χ4n) is 5.14. The number of thioether (sulfide) groups is 1. The average molecular weight is 447 g/mol. The number of fused-ring (bicyclic) bond motifs is 4. The highest BCUT2D eigenvalue weighted by molar-refractivity contribution is 8.00. The highest BCUT2D eigenvalue weighted by Gasteiger charge is 2.42. The molecule has 0 saturated carbocycles. The van der Waals surface area contributed by atoms with Gasteiger partial charge in [-0.3, -0.25) is 4.79 Å². The zero-order chi connectivity index (χ0) is 20.7. The lowest BCUT2D eigenvalue weighted by Gasteiger charge is -2.24. The van der Waals surface area contributed by atoms with Gasteiger partial charge in [0.2, 0.25) is 5.91 Å². The minimum absolute atomic E-state index is 0.0376. The number of halogens is 1. The van der Waals surface area contributed by atoms with Gasteiger partial charge in [0.25, 0.3) is 0 Å². The lowest BCUT2D eigenvalue weighted by Crippen LogP contribution is -2.36. The van der Waals surface area contributed by atoms with Gasteiger partial charge in [0.05, 0.1) is 28.7 Å². The highest BCUT2D eigenvalue weighted by atomic mass is 35.5. The number of amides is 3. The number of para-hydroxylation sites is 1. The van der Waals surface area contributed by atoms with Crippen molar-refractivity contribution < 1.29 is 9.59 Å². The molecule has 2 fully saturated rings. The van der Waals surface area contributed by atoms with Gasteiger partial charge >= 0.3 is 6.03 Å². The number of rotatable bonds is 6. The van der Waals surface area contributed by atoms with Gasteiger partial charge in [0, 0.05) is 28.5 Å². The topological polar surface area (TPSA) is 86.0 Å². The molecule has 3 amide bonds. The molecule has 3 aliphatic rings. The van der Waals surface area contributed by atoms with Crippen molar-refractivity contribution in [2.75, 3.05) is 5.75 Å². The van der Waals surface area contributed by atoms with Crippen molar-refractivity contribution in [3.63, 3.8) is 0 Å². The van der Waals surface area contributed by atoms with Gasteiger partial charge in [-0.2, -0.15) is 11.8 Å². The molecular weight excluding hydrogens is 420 g/mol. The predicted molar refractivity (Wildman–Crippen MR) is 121 cm³/mol. The van der Waals surface area contributed by atoms with Crippen molar-refractivity contribution in [1.29, 1.82) is 0 Å². The third-order valence-electron chi connectivity index (χ3n) is 6.61. The fraction of sp³-hybridized carbons (Fsp3) is 0.545. The number of carbonyl (C=O) groups is 2. The Kier molecular flexibility index (Phi) is 5.58. The monoisotopic (exact) mass is 446 g/mol. The predicted octanol–water partition coefficient (Wildman–Crippen LogP) is 4.04. The SMILES string of the molecule is O=C(CCCCC1SCC2NC(=O)NC21)NC1CCCc2c1[nH]c1c(Cl)cccc21. The molecule has 1 aromatic carbocycles. The second-order valence-electron chi connectivity index (χ2n) is 8.56. The Balaban J connectivity index is 1.13. The van der Waals surface area contributed by atoms with E-state index in [-0.39, 0.29) is 30.1 Å². The number of H-pyrrole nitrogens is 1. The summed E-state index contributed by atoms with van der Waals surface area (Å²) >= 11 is 8.29. The first kappa shape index (κ1) is 20.1. The number of carbonyl (C=O) groups excluding carboxylic acids is 2. The van der Waals surface area contributed by atoms with Gasteiger partial charge in [-0.25, -0.2) is 4.79 Å². The molecule has 4 N–H and O–H groups in total. The molecule has 2 saturated heterocycles. The first-order chi connectivity index (χ1) is 14.6. The minimum atomic E-state index is -0.0419. The molecule has 4 atom stereocenters. The first-order valence-electron chi connectivity index (χ1n) is 10.9. The summed E-state index contributed by atoms with van der Waals surface area (Å²) in [6.45, 7) is 0. The van der Waals surface area contributed by atoms with Crippen LogP contribution < -0.4 is 16.0 Å². The van der Waals surface area contributed by atoms with Crippen LogP contribution in [0.25, 0.3) is 10.9 Å². The van der Waals surface area contributed by atoms with Gasteiger partial charge in [0.1, 0.15) is 0 Å². The van der Waals surface area contributed by atoms with Gasteiger partial charge in [-0.1, -0.05) is 30.2 Å². The lowest BCUT2D eigenvalue weighted by atomic mass is 9.91. The lowest BCUT2D eigenvalue weighted by molar-refractivity contribution is -0.122. The van der Waals surface area contributed by atoms with Gasteiger partial charge < -0.3 is 20.9 Å².